The third-order valence-corrected chi connectivity index (χ3v) is 5.81. The number of carbonyl (C=O) groups excluding carboxylic acids is 2. The molecule has 1 saturated heterocycles. The molecule has 13 heteroatoms. The lowest BCUT2D eigenvalue weighted by molar-refractivity contribution is -0.139. The number of guanidine groups is 1. The number of piperidine rings is 1. The Kier molecular flexibility index (Phi) is 10.6. The molecule has 0 aliphatic carbocycles. The van der Waals surface area contributed by atoms with Gasteiger partial charge in [0.25, 0.3) is 11.3 Å². The zero-order chi connectivity index (χ0) is 24.2. The molecule has 1 fully saturated rings. The molecule has 0 bridgehead atoms. The number of carboxylic acid groups (broad SMARTS) is 1. The average molecular weight is 483 g/mol. The van der Waals surface area contributed by atoms with Crippen molar-refractivity contribution in [1.82, 2.24) is 14.9 Å². The van der Waals surface area contributed by atoms with Crippen LogP contribution in [0.25, 0.3) is 0 Å². The smallest absolute Gasteiger partial charge is 0.323 e. The van der Waals surface area contributed by atoms with Crippen molar-refractivity contribution in [3.05, 3.63) is 30.3 Å². The van der Waals surface area contributed by atoms with E-state index in [1.807, 2.05) is 0 Å². The number of carbonyl (C=O) groups is 3. The van der Waals surface area contributed by atoms with Crippen molar-refractivity contribution < 1.29 is 27.9 Å². The van der Waals surface area contributed by atoms with Crippen molar-refractivity contribution in [2.24, 2.45) is 22.4 Å². The van der Waals surface area contributed by atoms with E-state index < -0.39 is 23.3 Å². The fraction of sp³-hybridized carbons (Fsp3) is 0.500. The molecule has 2 rings (SSSR count). The highest BCUT2D eigenvalue weighted by atomic mass is 32.2. The topological polar surface area (TPSA) is 189 Å². The van der Waals surface area contributed by atoms with Gasteiger partial charge in [-0.05, 0) is 31.4 Å². The molecule has 0 saturated carbocycles. The molecule has 182 valence electrons. The van der Waals surface area contributed by atoms with Gasteiger partial charge in [-0.25, -0.2) is 0 Å². The van der Waals surface area contributed by atoms with E-state index in [0.717, 1.165) is 0 Å². The van der Waals surface area contributed by atoms with E-state index in [9.17, 15) is 23.7 Å². The summed E-state index contributed by atoms with van der Waals surface area (Å²) in [6.07, 6.45) is 1.80. The van der Waals surface area contributed by atoms with E-state index in [0.29, 0.717) is 51.1 Å². The number of carboxylic acids is 1. The molecule has 1 heterocycles. The number of amides is 2. The van der Waals surface area contributed by atoms with E-state index in [1.165, 1.54) is 0 Å². The highest BCUT2D eigenvalue weighted by Gasteiger charge is 2.28. The van der Waals surface area contributed by atoms with Crippen LogP contribution in [-0.2, 0) is 25.7 Å². The second kappa shape index (κ2) is 13.4. The molecule has 0 spiro atoms. The summed E-state index contributed by atoms with van der Waals surface area (Å²) < 4.78 is 19.5. The molecule has 7 N–H and O–H groups in total. The van der Waals surface area contributed by atoms with Crippen LogP contribution in [0, 0.1) is 5.92 Å². The number of nitrogens with two attached hydrogens (primary N) is 2. The largest absolute Gasteiger partial charge is 0.480 e. The standard InChI is InChI=1S/C20H30N6O6S/c21-20(22)23-10-4-7-17(27)26-11-8-14(9-12-26)18(28)24-13-16(19(29)30)25-33(31)32-15-5-2-1-3-6-15/h1-3,5-6,14,16,25H,4,7-13H2,(H,24,28)(H,29,30)(H4,21,22,23). The molecule has 12 nitrogen and oxygen atoms in total. The molecule has 1 aliphatic heterocycles. The van der Waals surface area contributed by atoms with Crippen LogP contribution in [0.1, 0.15) is 25.7 Å². The third-order valence-electron chi connectivity index (χ3n) is 4.99. The Labute approximate surface area is 194 Å². The van der Waals surface area contributed by atoms with E-state index in [4.69, 9.17) is 15.7 Å². The van der Waals surface area contributed by atoms with Crippen LogP contribution in [0.2, 0.25) is 0 Å². The van der Waals surface area contributed by atoms with Crippen LogP contribution in [0.4, 0.5) is 0 Å². The molecule has 0 radical (unpaired) electrons. The summed E-state index contributed by atoms with van der Waals surface area (Å²) in [5.74, 6) is -1.63. The zero-order valence-electron chi connectivity index (χ0n) is 18.1. The second-order valence-corrected chi connectivity index (χ2v) is 8.32. The lowest BCUT2D eigenvalue weighted by Crippen LogP contribution is -2.49. The van der Waals surface area contributed by atoms with Gasteiger partial charge in [0.15, 0.2) is 5.96 Å². The minimum Gasteiger partial charge on any atom is -0.480 e. The normalized spacial score (nSPS) is 15.8. The number of para-hydroxylation sites is 1. The molecule has 33 heavy (non-hydrogen) atoms. The van der Waals surface area contributed by atoms with Crippen LogP contribution in [0.15, 0.2) is 35.3 Å². The van der Waals surface area contributed by atoms with Crippen LogP contribution in [0.5, 0.6) is 5.75 Å². The maximum Gasteiger partial charge on any atom is 0.323 e. The maximum atomic E-state index is 12.5. The Balaban J connectivity index is 1.73. The number of nitrogens with zero attached hydrogens (tertiary/aromatic N) is 2. The first-order chi connectivity index (χ1) is 15.8. The van der Waals surface area contributed by atoms with Crippen molar-refractivity contribution >= 4 is 35.0 Å². The Morgan fingerprint density at radius 1 is 1.21 bits per heavy atom. The van der Waals surface area contributed by atoms with Gasteiger partial charge < -0.3 is 31.0 Å². The van der Waals surface area contributed by atoms with Gasteiger partial charge in [-0.3, -0.25) is 19.4 Å². The SMILES string of the molecule is NC(N)=NCCCC(=O)N1CCC(C(=O)NCC(NS(=O)Oc2ccccc2)C(=O)O)CC1. The fourth-order valence-corrected chi connectivity index (χ4v) is 3.97. The molecule has 1 aliphatic rings. The van der Waals surface area contributed by atoms with Crippen molar-refractivity contribution in [3.63, 3.8) is 0 Å². The van der Waals surface area contributed by atoms with Gasteiger partial charge in [-0.15, -0.1) is 0 Å². The fourth-order valence-electron chi connectivity index (χ4n) is 3.22. The Hall–Kier alpha value is -3.19. The Bertz CT molecular complexity index is 856. The summed E-state index contributed by atoms with van der Waals surface area (Å²) in [6.45, 7) is 0.998. The number of aliphatic carboxylic acids is 1. The van der Waals surface area contributed by atoms with E-state index >= 15 is 0 Å². The summed E-state index contributed by atoms with van der Waals surface area (Å²) in [7, 11) is 0. The molecule has 2 amide bonds. The summed E-state index contributed by atoms with van der Waals surface area (Å²) in [5.41, 5.74) is 10.5. The van der Waals surface area contributed by atoms with Crippen molar-refractivity contribution in [2.75, 3.05) is 26.2 Å². The summed E-state index contributed by atoms with van der Waals surface area (Å²) in [5, 5.41) is 11.9. The van der Waals surface area contributed by atoms with Gasteiger partial charge in [0, 0.05) is 38.5 Å². The van der Waals surface area contributed by atoms with Crippen molar-refractivity contribution in [3.8, 4) is 5.75 Å². The Morgan fingerprint density at radius 2 is 1.88 bits per heavy atom. The maximum absolute atomic E-state index is 12.5. The Morgan fingerprint density at radius 3 is 2.48 bits per heavy atom. The monoisotopic (exact) mass is 482 g/mol. The number of nitrogens with one attached hydrogen (secondary N) is 2. The minimum atomic E-state index is -2.11. The predicted molar refractivity (Wildman–Crippen MR) is 122 cm³/mol. The second-order valence-electron chi connectivity index (χ2n) is 7.45. The van der Waals surface area contributed by atoms with Crippen LogP contribution in [0.3, 0.4) is 0 Å². The summed E-state index contributed by atoms with van der Waals surface area (Å²) in [6, 6.07) is 7.00. The van der Waals surface area contributed by atoms with Gasteiger partial charge in [0.2, 0.25) is 11.8 Å². The summed E-state index contributed by atoms with van der Waals surface area (Å²) in [4.78, 5) is 41.7. The highest BCUT2D eigenvalue weighted by molar-refractivity contribution is 7.78. The molecule has 1 aromatic rings. The predicted octanol–water partition coefficient (Wildman–Crippen LogP) is -0.905. The van der Waals surface area contributed by atoms with Crippen LogP contribution < -0.4 is 25.7 Å². The number of aliphatic imine (C=N–C) groups is 1. The zero-order valence-corrected chi connectivity index (χ0v) is 19.0. The van der Waals surface area contributed by atoms with E-state index in [2.05, 4.69) is 15.0 Å². The molecule has 1 aromatic carbocycles. The van der Waals surface area contributed by atoms with Crippen LogP contribution >= 0.6 is 0 Å². The molecule has 2 atom stereocenters. The van der Waals surface area contributed by atoms with Gasteiger partial charge >= 0.3 is 5.97 Å². The quantitative estimate of drug-likeness (QED) is 0.144. The number of likely N-dealkylation sites (tertiary alicyclic amines) is 1. The number of benzene rings is 1. The van der Waals surface area contributed by atoms with Crippen molar-refractivity contribution in [1.29, 1.82) is 0 Å². The molecule has 0 aromatic heterocycles. The molecular weight excluding hydrogens is 452 g/mol. The van der Waals surface area contributed by atoms with Gasteiger partial charge in [-0.2, -0.15) is 8.93 Å². The first kappa shape index (κ1) is 26.1. The number of hydrogen-bond acceptors (Lipinski definition) is 6. The van der Waals surface area contributed by atoms with E-state index in [1.54, 1.807) is 35.2 Å². The molecule has 2 unspecified atom stereocenters. The van der Waals surface area contributed by atoms with Gasteiger partial charge in [-0.1, -0.05) is 18.2 Å². The van der Waals surface area contributed by atoms with Crippen molar-refractivity contribution in [2.45, 2.75) is 31.7 Å². The first-order valence-electron chi connectivity index (χ1n) is 10.5. The lowest BCUT2D eigenvalue weighted by atomic mass is 9.95. The minimum absolute atomic E-state index is 0.00965. The van der Waals surface area contributed by atoms with E-state index in [-0.39, 0.29) is 30.2 Å². The van der Waals surface area contributed by atoms with Crippen LogP contribution in [-0.4, -0.2) is 70.2 Å². The number of hydrogen-bond donors (Lipinski definition) is 5. The van der Waals surface area contributed by atoms with Gasteiger partial charge in [0.05, 0.1) is 0 Å². The number of rotatable bonds is 12. The average Bonchev–Trinajstić information content (AvgIpc) is 2.79. The molecular formula is C20H30N6O6S. The first-order valence-corrected chi connectivity index (χ1v) is 11.6. The summed E-state index contributed by atoms with van der Waals surface area (Å²) >= 11 is -2.11. The van der Waals surface area contributed by atoms with Gasteiger partial charge in [0.1, 0.15) is 11.8 Å². The third kappa shape index (κ3) is 9.45. The lowest BCUT2D eigenvalue weighted by Gasteiger charge is -2.31. The highest BCUT2D eigenvalue weighted by Crippen LogP contribution is 2.18.